The van der Waals surface area contributed by atoms with E-state index < -0.39 is 11.6 Å². The lowest BCUT2D eigenvalue weighted by molar-refractivity contribution is -0.154. The van der Waals surface area contributed by atoms with Crippen molar-refractivity contribution < 1.29 is 15.0 Å². The van der Waals surface area contributed by atoms with Crippen LogP contribution in [0.4, 0.5) is 0 Å². The molecule has 0 aromatic heterocycles. The fourth-order valence-corrected chi connectivity index (χ4v) is 0. The van der Waals surface area contributed by atoms with Gasteiger partial charge < -0.3 is 15.1 Å². The summed E-state index contributed by atoms with van der Waals surface area (Å²) in [5.41, 5.74) is -1.58. The molecule has 0 saturated carbocycles. The summed E-state index contributed by atoms with van der Waals surface area (Å²) in [6.45, 7) is 2.44. The highest BCUT2D eigenvalue weighted by Crippen LogP contribution is 1.97. The predicted octanol–water partition coefficient (Wildman–Crippen LogP) is 0.0197. The smallest absolute Gasteiger partial charge is 0.335 e. The lowest BCUT2D eigenvalue weighted by Gasteiger charge is -2.07. The van der Waals surface area contributed by atoms with Gasteiger partial charge in [0.2, 0.25) is 0 Å². The average Bonchev–Trinajstić information content (AvgIpc) is 1.59. The largest absolute Gasteiger partial charge is 0.479 e. The van der Waals surface area contributed by atoms with Gasteiger partial charge in [-0.05, 0) is 35.0 Å². The Labute approximate surface area is 67.4 Å². The summed E-state index contributed by atoms with van der Waals surface area (Å²) in [4.78, 5) is 11.8. The SMILES string of the molecule is CC(C)(O)C(=O)O.CN(C)C. The van der Waals surface area contributed by atoms with Crippen LogP contribution in [-0.4, -0.2) is 47.8 Å². The molecular formula is C7H17NO3. The molecule has 0 rings (SSSR count). The van der Waals surface area contributed by atoms with E-state index in [0.29, 0.717) is 0 Å². The van der Waals surface area contributed by atoms with Crippen molar-refractivity contribution in [1.29, 1.82) is 0 Å². The topological polar surface area (TPSA) is 60.8 Å². The number of hydrogen-bond donors (Lipinski definition) is 2. The minimum absolute atomic E-state index is 1.20. The number of carbonyl (C=O) groups is 1. The third kappa shape index (κ3) is 17.7. The lowest BCUT2D eigenvalue weighted by Crippen LogP contribution is -2.30. The standard InChI is InChI=1S/C4H8O3.C3H9N/c1-4(2,7)3(5)6;1-4(2)3/h7H,1-2H3,(H,5,6);1-3H3. The Morgan fingerprint density at radius 1 is 1.27 bits per heavy atom. The van der Waals surface area contributed by atoms with E-state index >= 15 is 0 Å². The Morgan fingerprint density at radius 3 is 1.36 bits per heavy atom. The van der Waals surface area contributed by atoms with Crippen LogP contribution in [0.3, 0.4) is 0 Å². The number of aliphatic hydroxyl groups is 1. The zero-order valence-corrected chi connectivity index (χ0v) is 7.75. The van der Waals surface area contributed by atoms with Crippen LogP contribution in [0.25, 0.3) is 0 Å². The zero-order valence-electron chi connectivity index (χ0n) is 7.75. The first kappa shape index (κ1) is 13.0. The van der Waals surface area contributed by atoms with Gasteiger partial charge in [-0.2, -0.15) is 0 Å². The summed E-state index contributed by atoms with van der Waals surface area (Å²) in [5.74, 6) is -1.20. The summed E-state index contributed by atoms with van der Waals surface area (Å²) in [6, 6.07) is 0. The van der Waals surface area contributed by atoms with E-state index in [-0.39, 0.29) is 0 Å². The van der Waals surface area contributed by atoms with E-state index in [1.807, 2.05) is 26.0 Å². The van der Waals surface area contributed by atoms with Gasteiger partial charge >= 0.3 is 5.97 Å². The monoisotopic (exact) mass is 163 g/mol. The highest BCUT2D eigenvalue weighted by molar-refractivity contribution is 5.75. The fraction of sp³-hybridized carbons (Fsp3) is 0.857. The van der Waals surface area contributed by atoms with E-state index in [9.17, 15) is 4.79 Å². The van der Waals surface area contributed by atoms with Crippen LogP contribution in [-0.2, 0) is 4.79 Å². The molecule has 0 bridgehead atoms. The van der Waals surface area contributed by atoms with Crippen molar-refractivity contribution in [2.45, 2.75) is 19.4 Å². The first-order chi connectivity index (χ1) is 4.68. The molecular weight excluding hydrogens is 146 g/mol. The zero-order chi connectivity index (χ0) is 9.65. The predicted molar refractivity (Wildman–Crippen MR) is 43.5 cm³/mol. The van der Waals surface area contributed by atoms with Crippen molar-refractivity contribution in [2.75, 3.05) is 21.1 Å². The minimum atomic E-state index is -1.58. The second-order valence-electron chi connectivity index (χ2n) is 3.21. The number of carboxylic acids is 1. The van der Waals surface area contributed by atoms with Gasteiger partial charge in [0.05, 0.1) is 0 Å². The molecule has 0 amide bonds. The van der Waals surface area contributed by atoms with Crippen LogP contribution in [0, 0.1) is 0 Å². The molecule has 0 fully saturated rings. The molecule has 0 unspecified atom stereocenters. The fourth-order valence-electron chi connectivity index (χ4n) is 0. The molecule has 0 aliphatic rings. The van der Waals surface area contributed by atoms with Crippen molar-refractivity contribution in [3.63, 3.8) is 0 Å². The second-order valence-corrected chi connectivity index (χ2v) is 3.21. The van der Waals surface area contributed by atoms with Crippen LogP contribution in [0.5, 0.6) is 0 Å². The molecule has 0 radical (unpaired) electrons. The van der Waals surface area contributed by atoms with Crippen molar-refractivity contribution in [3.8, 4) is 0 Å². The molecule has 0 aliphatic heterocycles. The highest BCUT2D eigenvalue weighted by atomic mass is 16.4. The van der Waals surface area contributed by atoms with Gasteiger partial charge in [-0.15, -0.1) is 0 Å². The van der Waals surface area contributed by atoms with E-state index in [1.165, 1.54) is 13.8 Å². The molecule has 0 atom stereocenters. The Hall–Kier alpha value is -0.610. The number of rotatable bonds is 1. The van der Waals surface area contributed by atoms with Gasteiger partial charge in [-0.1, -0.05) is 0 Å². The normalized spacial score (nSPS) is 10.5. The maximum absolute atomic E-state index is 9.77. The van der Waals surface area contributed by atoms with Crippen molar-refractivity contribution in [2.24, 2.45) is 0 Å². The van der Waals surface area contributed by atoms with Crippen molar-refractivity contribution >= 4 is 5.97 Å². The van der Waals surface area contributed by atoms with Gasteiger partial charge in [0.15, 0.2) is 5.60 Å². The second kappa shape index (κ2) is 5.09. The van der Waals surface area contributed by atoms with Gasteiger partial charge in [0.1, 0.15) is 0 Å². The average molecular weight is 163 g/mol. The van der Waals surface area contributed by atoms with Crippen LogP contribution < -0.4 is 0 Å². The maximum atomic E-state index is 9.77. The molecule has 4 nitrogen and oxygen atoms in total. The molecule has 0 aliphatic carbocycles. The summed E-state index contributed by atoms with van der Waals surface area (Å²) in [5, 5.41) is 16.5. The molecule has 2 N–H and O–H groups in total. The number of nitrogens with zero attached hydrogens (tertiary/aromatic N) is 1. The molecule has 68 valence electrons. The van der Waals surface area contributed by atoms with E-state index in [1.54, 1.807) is 0 Å². The van der Waals surface area contributed by atoms with Crippen molar-refractivity contribution in [1.82, 2.24) is 4.90 Å². The highest BCUT2D eigenvalue weighted by Gasteiger charge is 2.21. The third-order valence-electron chi connectivity index (χ3n) is 0.523. The van der Waals surface area contributed by atoms with Crippen molar-refractivity contribution in [3.05, 3.63) is 0 Å². The van der Waals surface area contributed by atoms with Gasteiger partial charge in [-0.3, -0.25) is 0 Å². The summed E-state index contributed by atoms with van der Waals surface area (Å²) in [6.07, 6.45) is 0. The molecule has 0 spiro atoms. The van der Waals surface area contributed by atoms with Crippen LogP contribution in [0.15, 0.2) is 0 Å². The summed E-state index contributed by atoms with van der Waals surface area (Å²) in [7, 11) is 6.00. The lowest BCUT2D eigenvalue weighted by atomic mass is 10.1. The molecule has 0 heterocycles. The third-order valence-corrected chi connectivity index (χ3v) is 0.523. The first-order valence-corrected chi connectivity index (χ1v) is 3.24. The molecule has 11 heavy (non-hydrogen) atoms. The number of carboxylic acid groups (broad SMARTS) is 1. The quantitative estimate of drug-likeness (QED) is 0.572. The maximum Gasteiger partial charge on any atom is 0.335 e. The Kier molecular flexibility index (Phi) is 6.03. The Bertz CT molecular complexity index is 113. The van der Waals surface area contributed by atoms with E-state index in [2.05, 4.69) is 0 Å². The van der Waals surface area contributed by atoms with Gasteiger partial charge in [0.25, 0.3) is 0 Å². The van der Waals surface area contributed by atoms with Crippen LogP contribution >= 0.6 is 0 Å². The molecule has 0 saturated heterocycles. The minimum Gasteiger partial charge on any atom is -0.479 e. The molecule has 0 aromatic carbocycles. The van der Waals surface area contributed by atoms with E-state index in [4.69, 9.17) is 10.2 Å². The number of hydrogen-bond acceptors (Lipinski definition) is 3. The first-order valence-electron chi connectivity index (χ1n) is 3.24. The van der Waals surface area contributed by atoms with Crippen LogP contribution in [0.1, 0.15) is 13.8 Å². The van der Waals surface area contributed by atoms with Gasteiger partial charge in [-0.25, -0.2) is 4.79 Å². The van der Waals surface area contributed by atoms with E-state index in [0.717, 1.165) is 0 Å². The number of aliphatic carboxylic acids is 1. The van der Waals surface area contributed by atoms with Crippen LogP contribution in [0.2, 0.25) is 0 Å². The van der Waals surface area contributed by atoms with Gasteiger partial charge in [0, 0.05) is 0 Å². The molecule has 4 heteroatoms. The molecule has 0 aromatic rings. The Morgan fingerprint density at radius 2 is 1.36 bits per heavy atom. The Balaban J connectivity index is 0. The summed E-state index contributed by atoms with van der Waals surface area (Å²) < 4.78 is 0. The summed E-state index contributed by atoms with van der Waals surface area (Å²) >= 11 is 0.